The van der Waals surface area contributed by atoms with E-state index >= 15 is 0 Å². The topological polar surface area (TPSA) is 20.2 Å². The van der Waals surface area contributed by atoms with Crippen molar-refractivity contribution in [1.29, 1.82) is 0 Å². The minimum atomic E-state index is -4.31. The minimum Gasteiger partial charge on any atom is -0.392 e. The van der Waals surface area contributed by atoms with Gasteiger partial charge in [0.25, 0.3) is 0 Å². The van der Waals surface area contributed by atoms with Gasteiger partial charge in [-0.05, 0) is 23.3 Å². The predicted molar refractivity (Wildman–Crippen MR) is 68.4 cm³/mol. The summed E-state index contributed by atoms with van der Waals surface area (Å²) in [5.74, 6) is 0. The summed E-state index contributed by atoms with van der Waals surface area (Å²) < 4.78 is 38.1. The second-order valence-electron chi connectivity index (χ2n) is 3.66. The third-order valence-electron chi connectivity index (χ3n) is 2.43. The van der Waals surface area contributed by atoms with Crippen LogP contribution < -0.4 is 0 Å². The van der Waals surface area contributed by atoms with Crippen LogP contribution in [-0.4, -0.2) is 5.11 Å². The Morgan fingerprint density at radius 1 is 1.22 bits per heavy atom. The first-order chi connectivity index (χ1) is 8.41. The summed E-state index contributed by atoms with van der Waals surface area (Å²) in [5.41, 5.74) is 0.760. The van der Waals surface area contributed by atoms with Gasteiger partial charge in [-0.25, -0.2) is 0 Å². The summed E-state index contributed by atoms with van der Waals surface area (Å²) in [4.78, 5) is 0.549. The molecule has 0 unspecified atom stereocenters. The molecule has 0 radical (unpaired) electrons. The van der Waals surface area contributed by atoms with Crippen molar-refractivity contribution in [2.75, 3.05) is 0 Å². The lowest BCUT2D eigenvalue weighted by atomic mass is 10.1. The van der Waals surface area contributed by atoms with Gasteiger partial charge in [0.05, 0.1) is 12.2 Å². The average molecular weight is 337 g/mol. The Bertz CT molecular complexity index is 563. The second-order valence-corrected chi connectivity index (χ2v) is 5.43. The molecule has 2 aromatic rings. The second kappa shape index (κ2) is 5.03. The highest BCUT2D eigenvalue weighted by molar-refractivity contribution is 9.10. The standard InChI is InChI=1S/C12H8BrF3OS/c13-10-3-7(1-2-8(10)5-17)11-4-9(6-18-11)12(14,15)16/h1-4,6,17H,5H2. The van der Waals surface area contributed by atoms with Crippen molar-refractivity contribution >= 4 is 27.3 Å². The third-order valence-corrected chi connectivity index (χ3v) is 4.15. The molecule has 2 rings (SSSR count). The molecule has 1 nitrogen and oxygen atoms in total. The van der Waals surface area contributed by atoms with E-state index in [1.807, 2.05) is 0 Å². The molecule has 1 heterocycles. The lowest BCUT2D eigenvalue weighted by Crippen LogP contribution is -2.01. The van der Waals surface area contributed by atoms with Crippen LogP contribution in [-0.2, 0) is 12.8 Å². The van der Waals surface area contributed by atoms with Gasteiger partial charge in [-0.1, -0.05) is 28.1 Å². The minimum absolute atomic E-state index is 0.112. The Kier molecular flexibility index (Phi) is 3.79. The van der Waals surface area contributed by atoms with E-state index in [2.05, 4.69) is 15.9 Å². The number of benzene rings is 1. The number of hydrogen-bond acceptors (Lipinski definition) is 2. The molecule has 1 N–H and O–H groups in total. The van der Waals surface area contributed by atoms with Crippen LogP contribution in [0.4, 0.5) is 13.2 Å². The van der Waals surface area contributed by atoms with Crippen LogP contribution in [0, 0.1) is 0 Å². The van der Waals surface area contributed by atoms with Crippen LogP contribution in [0.25, 0.3) is 10.4 Å². The molecule has 0 saturated carbocycles. The molecule has 0 amide bonds. The molecule has 0 bridgehead atoms. The fourth-order valence-corrected chi connectivity index (χ4v) is 2.88. The summed E-state index contributed by atoms with van der Waals surface area (Å²) >= 11 is 4.32. The highest BCUT2D eigenvalue weighted by Crippen LogP contribution is 2.37. The molecule has 0 fully saturated rings. The summed E-state index contributed by atoms with van der Waals surface area (Å²) in [7, 11) is 0. The van der Waals surface area contributed by atoms with Crippen LogP contribution in [0.5, 0.6) is 0 Å². The largest absolute Gasteiger partial charge is 0.417 e. The normalized spacial score (nSPS) is 11.8. The first kappa shape index (κ1) is 13.6. The van der Waals surface area contributed by atoms with E-state index < -0.39 is 11.7 Å². The molecule has 0 spiro atoms. The molecule has 0 aliphatic carbocycles. The summed E-state index contributed by atoms with van der Waals surface area (Å²) in [6.07, 6.45) is -4.31. The number of rotatable bonds is 2. The molecule has 1 aromatic heterocycles. The van der Waals surface area contributed by atoms with Crippen molar-refractivity contribution in [2.24, 2.45) is 0 Å². The highest BCUT2D eigenvalue weighted by Gasteiger charge is 2.31. The molecule has 0 saturated heterocycles. The number of alkyl halides is 3. The van der Waals surface area contributed by atoms with Gasteiger partial charge in [-0.2, -0.15) is 13.2 Å². The predicted octanol–water partition coefficient (Wildman–Crippen LogP) is 4.69. The van der Waals surface area contributed by atoms with Crippen LogP contribution in [0.15, 0.2) is 34.1 Å². The van der Waals surface area contributed by atoms with Crippen molar-refractivity contribution in [3.05, 3.63) is 45.2 Å². The molecular formula is C12H8BrF3OS. The van der Waals surface area contributed by atoms with Gasteiger partial charge >= 0.3 is 6.18 Å². The van der Waals surface area contributed by atoms with Gasteiger partial charge in [0.2, 0.25) is 0 Å². The van der Waals surface area contributed by atoms with Gasteiger partial charge in [-0.3, -0.25) is 0 Å². The van der Waals surface area contributed by atoms with Gasteiger partial charge in [0.1, 0.15) is 0 Å². The zero-order chi connectivity index (χ0) is 13.3. The molecule has 6 heteroatoms. The molecular weight excluding hydrogens is 329 g/mol. The van der Waals surface area contributed by atoms with Gasteiger partial charge < -0.3 is 5.11 Å². The fraction of sp³-hybridized carbons (Fsp3) is 0.167. The summed E-state index contributed by atoms with van der Waals surface area (Å²) in [6, 6.07) is 6.22. The Labute approximate surface area is 114 Å². The lowest BCUT2D eigenvalue weighted by molar-refractivity contribution is -0.137. The van der Waals surface area contributed by atoms with E-state index in [4.69, 9.17) is 5.11 Å². The maximum atomic E-state index is 12.5. The molecule has 0 atom stereocenters. The van der Waals surface area contributed by atoms with Crippen molar-refractivity contribution in [2.45, 2.75) is 12.8 Å². The van der Waals surface area contributed by atoms with Gasteiger partial charge in [0.15, 0.2) is 0 Å². The molecule has 96 valence electrons. The fourth-order valence-electron chi connectivity index (χ4n) is 1.47. The van der Waals surface area contributed by atoms with E-state index in [0.717, 1.165) is 22.8 Å². The summed E-state index contributed by atoms with van der Waals surface area (Å²) in [5, 5.41) is 10.1. The first-order valence-corrected chi connectivity index (χ1v) is 6.64. The summed E-state index contributed by atoms with van der Waals surface area (Å²) in [6.45, 7) is -0.112. The van der Waals surface area contributed by atoms with Crippen molar-refractivity contribution in [1.82, 2.24) is 0 Å². The number of hydrogen-bond donors (Lipinski definition) is 1. The van der Waals surface area contributed by atoms with E-state index in [-0.39, 0.29) is 6.61 Å². The molecule has 1 aromatic carbocycles. The van der Waals surface area contributed by atoms with Crippen molar-refractivity contribution in [3.63, 3.8) is 0 Å². The van der Waals surface area contributed by atoms with Crippen LogP contribution >= 0.6 is 27.3 Å². The van der Waals surface area contributed by atoms with E-state index in [9.17, 15) is 13.2 Å². The average Bonchev–Trinajstić information content (AvgIpc) is 2.77. The number of halogens is 4. The van der Waals surface area contributed by atoms with Gasteiger partial charge in [-0.15, -0.1) is 11.3 Å². The van der Waals surface area contributed by atoms with E-state index in [0.29, 0.717) is 20.5 Å². The first-order valence-electron chi connectivity index (χ1n) is 4.97. The Hall–Kier alpha value is -0.850. The van der Waals surface area contributed by atoms with E-state index in [1.54, 1.807) is 18.2 Å². The Morgan fingerprint density at radius 3 is 2.44 bits per heavy atom. The highest BCUT2D eigenvalue weighted by atomic mass is 79.9. The zero-order valence-corrected chi connectivity index (χ0v) is 11.4. The Balaban J connectivity index is 2.38. The quantitative estimate of drug-likeness (QED) is 0.843. The maximum absolute atomic E-state index is 12.5. The monoisotopic (exact) mass is 336 g/mol. The third kappa shape index (κ3) is 2.76. The zero-order valence-electron chi connectivity index (χ0n) is 8.96. The van der Waals surface area contributed by atoms with Gasteiger partial charge in [0, 0.05) is 14.7 Å². The van der Waals surface area contributed by atoms with Crippen LogP contribution in [0.2, 0.25) is 0 Å². The van der Waals surface area contributed by atoms with E-state index in [1.165, 1.54) is 0 Å². The van der Waals surface area contributed by atoms with Crippen LogP contribution in [0.1, 0.15) is 11.1 Å². The number of thiophene rings is 1. The maximum Gasteiger partial charge on any atom is 0.417 e. The molecule has 18 heavy (non-hydrogen) atoms. The smallest absolute Gasteiger partial charge is 0.392 e. The Morgan fingerprint density at radius 2 is 1.94 bits per heavy atom. The number of aliphatic hydroxyl groups is 1. The van der Waals surface area contributed by atoms with Crippen molar-refractivity contribution < 1.29 is 18.3 Å². The lowest BCUT2D eigenvalue weighted by Gasteiger charge is -2.04. The van der Waals surface area contributed by atoms with Crippen molar-refractivity contribution in [3.8, 4) is 10.4 Å². The molecule has 0 aliphatic rings. The number of aliphatic hydroxyl groups excluding tert-OH is 1. The molecule has 0 aliphatic heterocycles. The SMILES string of the molecule is OCc1ccc(-c2cc(C(F)(F)F)cs2)cc1Br. The van der Waals surface area contributed by atoms with Crippen LogP contribution in [0.3, 0.4) is 0 Å².